The van der Waals surface area contributed by atoms with Crippen molar-refractivity contribution in [2.75, 3.05) is 7.11 Å². The molecule has 1 N–H and O–H groups in total. The number of aryl methyl sites for hydroxylation is 1. The molecule has 100 valence electrons. The molecule has 2 rings (SSSR count). The summed E-state index contributed by atoms with van der Waals surface area (Å²) in [5.41, 5.74) is 3.84. The van der Waals surface area contributed by atoms with E-state index in [4.69, 9.17) is 4.74 Å². The second kappa shape index (κ2) is 6.39. The molecule has 0 spiro atoms. The van der Waals surface area contributed by atoms with Gasteiger partial charge in [0.1, 0.15) is 5.75 Å². The summed E-state index contributed by atoms with van der Waals surface area (Å²) >= 11 is 0. The lowest BCUT2D eigenvalue weighted by Crippen LogP contribution is -2.18. The van der Waals surface area contributed by atoms with Crippen molar-refractivity contribution >= 4 is 0 Å². The lowest BCUT2D eigenvalue weighted by atomic mass is 10.1. The first-order chi connectivity index (χ1) is 9.19. The number of methoxy groups -OCH3 is 1. The molecular weight excluding hydrogens is 234 g/mol. The van der Waals surface area contributed by atoms with E-state index in [1.165, 1.54) is 16.7 Å². The van der Waals surface area contributed by atoms with E-state index in [-0.39, 0.29) is 0 Å². The Bertz CT molecular complexity index is 519. The van der Waals surface area contributed by atoms with E-state index in [1.54, 1.807) is 7.11 Å². The molecule has 2 aromatic carbocycles. The van der Waals surface area contributed by atoms with Gasteiger partial charge in [-0.1, -0.05) is 42.0 Å². The average Bonchev–Trinajstić information content (AvgIpc) is 2.46. The van der Waals surface area contributed by atoms with Gasteiger partial charge >= 0.3 is 0 Å². The quantitative estimate of drug-likeness (QED) is 0.876. The van der Waals surface area contributed by atoms with E-state index in [2.05, 4.69) is 55.6 Å². The van der Waals surface area contributed by atoms with Crippen LogP contribution in [-0.4, -0.2) is 7.11 Å². The van der Waals surface area contributed by atoms with E-state index < -0.39 is 0 Å². The van der Waals surface area contributed by atoms with Gasteiger partial charge in [-0.25, -0.2) is 0 Å². The fourth-order valence-electron chi connectivity index (χ4n) is 2.03. The zero-order valence-electron chi connectivity index (χ0n) is 11.8. The molecule has 0 aliphatic rings. The maximum Gasteiger partial charge on any atom is 0.119 e. The van der Waals surface area contributed by atoms with Crippen LogP contribution in [0.1, 0.15) is 29.7 Å². The first-order valence-electron chi connectivity index (χ1n) is 6.62. The van der Waals surface area contributed by atoms with Crippen LogP contribution in [0.4, 0.5) is 0 Å². The summed E-state index contributed by atoms with van der Waals surface area (Å²) in [6, 6.07) is 17.2. The van der Waals surface area contributed by atoms with E-state index >= 15 is 0 Å². The van der Waals surface area contributed by atoms with Crippen molar-refractivity contribution in [1.29, 1.82) is 0 Å². The van der Waals surface area contributed by atoms with Crippen LogP contribution in [-0.2, 0) is 6.54 Å². The maximum atomic E-state index is 5.23. The van der Waals surface area contributed by atoms with Gasteiger partial charge in [-0.3, -0.25) is 0 Å². The van der Waals surface area contributed by atoms with Crippen molar-refractivity contribution in [2.45, 2.75) is 26.4 Å². The smallest absolute Gasteiger partial charge is 0.119 e. The van der Waals surface area contributed by atoms with Crippen molar-refractivity contribution in [2.24, 2.45) is 0 Å². The van der Waals surface area contributed by atoms with Gasteiger partial charge < -0.3 is 10.1 Å². The molecule has 0 amide bonds. The minimum atomic E-state index is 0.340. The Kier molecular flexibility index (Phi) is 4.58. The van der Waals surface area contributed by atoms with Gasteiger partial charge in [0.25, 0.3) is 0 Å². The zero-order valence-corrected chi connectivity index (χ0v) is 11.8. The summed E-state index contributed by atoms with van der Waals surface area (Å²) in [6.45, 7) is 5.13. The molecule has 0 bridgehead atoms. The SMILES string of the molecule is COc1cccc(CNC(C)c2ccc(C)cc2)c1. The second-order valence-corrected chi connectivity index (χ2v) is 4.86. The fraction of sp³-hybridized carbons (Fsp3) is 0.294. The Morgan fingerprint density at radius 3 is 2.53 bits per heavy atom. The van der Waals surface area contributed by atoms with Crippen LogP contribution in [0.2, 0.25) is 0 Å². The van der Waals surface area contributed by atoms with Crippen molar-refractivity contribution in [1.82, 2.24) is 5.32 Å². The molecule has 19 heavy (non-hydrogen) atoms. The van der Waals surface area contributed by atoms with E-state index in [1.807, 2.05) is 12.1 Å². The molecule has 0 fully saturated rings. The van der Waals surface area contributed by atoms with Crippen LogP contribution >= 0.6 is 0 Å². The molecule has 2 nitrogen and oxygen atoms in total. The number of ether oxygens (including phenoxy) is 1. The van der Waals surface area contributed by atoms with Crippen LogP contribution in [0.25, 0.3) is 0 Å². The Hall–Kier alpha value is -1.80. The monoisotopic (exact) mass is 255 g/mol. The Morgan fingerprint density at radius 2 is 1.84 bits per heavy atom. The number of benzene rings is 2. The molecule has 0 aliphatic carbocycles. The fourth-order valence-corrected chi connectivity index (χ4v) is 2.03. The summed E-state index contributed by atoms with van der Waals surface area (Å²) in [5.74, 6) is 0.905. The van der Waals surface area contributed by atoms with Gasteiger partial charge in [-0.05, 0) is 37.1 Å². The highest BCUT2D eigenvalue weighted by atomic mass is 16.5. The van der Waals surface area contributed by atoms with Crippen LogP contribution in [0.15, 0.2) is 48.5 Å². The van der Waals surface area contributed by atoms with Crippen molar-refractivity contribution in [3.63, 3.8) is 0 Å². The van der Waals surface area contributed by atoms with E-state index in [0.717, 1.165) is 12.3 Å². The third-order valence-corrected chi connectivity index (χ3v) is 3.32. The van der Waals surface area contributed by atoms with Crippen LogP contribution in [0, 0.1) is 6.92 Å². The van der Waals surface area contributed by atoms with Crippen molar-refractivity contribution in [3.8, 4) is 5.75 Å². The van der Waals surface area contributed by atoms with E-state index in [9.17, 15) is 0 Å². The van der Waals surface area contributed by atoms with Gasteiger partial charge in [0.15, 0.2) is 0 Å². The number of hydrogen-bond donors (Lipinski definition) is 1. The second-order valence-electron chi connectivity index (χ2n) is 4.86. The normalized spacial score (nSPS) is 12.2. The van der Waals surface area contributed by atoms with E-state index in [0.29, 0.717) is 6.04 Å². The van der Waals surface area contributed by atoms with Gasteiger partial charge in [0.05, 0.1) is 7.11 Å². The molecule has 2 heteroatoms. The van der Waals surface area contributed by atoms with Gasteiger partial charge in [-0.15, -0.1) is 0 Å². The number of rotatable bonds is 5. The molecule has 0 aliphatic heterocycles. The summed E-state index contributed by atoms with van der Waals surface area (Å²) in [7, 11) is 1.70. The highest BCUT2D eigenvalue weighted by molar-refractivity contribution is 5.29. The standard InChI is InChI=1S/C17H21NO/c1-13-7-9-16(10-8-13)14(2)18-12-15-5-4-6-17(11-15)19-3/h4-11,14,18H,12H2,1-3H3. The molecule has 0 radical (unpaired) electrons. The van der Waals surface area contributed by atoms with Gasteiger partial charge in [0.2, 0.25) is 0 Å². The highest BCUT2D eigenvalue weighted by Gasteiger charge is 2.04. The molecular formula is C17H21NO. The van der Waals surface area contributed by atoms with Gasteiger partial charge in [-0.2, -0.15) is 0 Å². The summed E-state index contributed by atoms with van der Waals surface area (Å²) in [6.07, 6.45) is 0. The summed E-state index contributed by atoms with van der Waals surface area (Å²) < 4.78 is 5.23. The Morgan fingerprint density at radius 1 is 1.11 bits per heavy atom. The molecule has 1 atom stereocenters. The largest absolute Gasteiger partial charge is 0.497 e. The van der Waals surface area contributed by atoms with Crippen LogP contribution in [0.3, 0.4) is 0 Å². The van der Waals surface area contributed by atoms with Crippen LogP contribution < -0.4 is 10.1 Å². The number of nitrogens with one attached hydrogen (secondary N) is 1. The van der Waals surface area contributed by atoms with Gasteiger partial charge in [0, 0.05) is 12.6 Å². The highest BCUT2D eigenvalue weighted by Crippen LogP contribution is 2.16. The zero-order chi connectivity index (χ0) is 13.7. The average molecular weight is 255 g/mol. The molecule has 0 saturated heterocycles. The third-order valence-electron chi connectivity index (χ3n) is 3.32. The van der Waals surface area contributed by atoms with Crippen LogP contribution in [0.5, 0.6) is 5.75 Å². The topological polar surface area (TPSA) is 21.3 Å². The lowest BCUT2D eigenvalue weighted by Gasteiger charge is -2.15. The number of hydrogen-bond acceptors (Lipinski definition) is 2. The van der Waals surface area contributed by atoms with Crippen molar-refractivity contribution in [3.05, 3.63) is 65.2 Å². The first-order valence-corrected chi connectivity index (χ1v) is 6.62. The Labute approximate surface area is 115 Å². The predicted molar refractivity (Wildman–Crippen MR) is 79.4 cm³/mol. The lowest BCUT2D eigenvalue weighted by molar-refractivity contribution is 0.414. The van der Waals surface area contributed by atoms with Crippen molar-refractivity contribution < 1.29 is 4.74 Å². The molecule has 0 saturated carbocycles. The molecule has 0 aromatic heterocycles. The first kappa shape index (κ1) is 13.6. The minimum Gasteiger partial charge on any atom is -0.497 e. The molecule has 0 heterocycles. The molecule has 1 unspecified atom stereocenters. The summed E-state index contributed by atoms with van der Waals surface area (Å²) in [4.78, 5) is 0. The Balaban J connectivity index is 1.96. The molecule has 2 aromatic rings. The predicted octanol–water partition coefficient (Wildman–Crippen LogP) is 3.85. The minimum absolute atomic E-state index is 0.340. The maximum absolute atomic E-state index is 5.23. The third kappa shape index (κ3) is 3.83. The summed E-state index contributed by atoms with van der Waals surface area (Å²) in [5, 5.41) is 3.53.